The summed E-state index contributed by atoms with van der Waals surface area (Å²) in [4.78, 5) is 12.1. The number of rotatable bonds is 10. The van der Waals surface area contributed by atoms with Crippen LogP contribution in [0.2, 0.25) is 0 Å². The average Bonchev–Trinajstić information content (AvgIpc) is 3.35. The molecule has 192 valence electrons. The van der Waals surface area contributed by atoms with Gasteiger partial charge >= 0.3 is 5.97 Å². The van der Waals surface area contributed by atoms with E-state index in [1.807, 2.05) is 54.6 Å². The van der Waals surface area contributed by atoms with E-state index in [0.717, 1.165) is 44.5 Å². The Morgan fingerprint density at radius 3 is 2.45 bits per heavy atom. The number of carbonyl (C=O) groups excluding carboxylic acids is 1. The number of ether oxygens (including phenoxy) is 2. The van der Waals surface area contributed by atoms with E-state index < -0.39 is 0 Å². The topological polar surface area (TPSA) is 74.7 Å². The second-order valence-electron chi connectivity index (χ2n) is 9.22. The molecule has 2 N–H and O–H groups in total. The maximum absolute atomic E-state index is 12.1. The van der Waals surface area contributed by atoms with Crippen molar-refractivity contribution < 1.29 is 18.7 Å². The summed E-state index contributed by atoms with van der Waals surface area (Å²) in [6, 6.07) is 32.4. The predicted octanol–water partition coefficient (Wildman–Crippen LogP) is 6.83. The fraction of sp³-hybridized carbons (Fsp3) is 0.182. The lowest BCUT2D eigenvalue weighted by Gasteiger charge is -2.13. The van der Waals surface area contributed by atoms with Gasteiger partial charge in [0, 0.05) is 29.5 Å². The molecule has 1 heterocycles. The van der Waals surface area contributed by atoms with Crippen molar-refractivity contribution in [2.45, 2.75) is 32.9 Å². The molecule has 0 aliphatic rings. The molecular weight excluding hydrogens is 474 g/mol. The molecule has 0 saturated heterocycles. The minimum atomic E-state index is -0.267. The first kappa shape index (κ1) is 25.3. The second kappa shape index (κ2) is 11.8. The first-order chi connectivity index (χ1) is 18.6. The SMILES string of the molecule is CCOC(=O)Cc1ccccc1OCc1cc(-c2cccc(CN)c2)c2oc(Cc3ccccc3)cc2c1. The number of hydrogen-bond acceptors (Lipinski definition) is 5. The van der Waals surface area contributed by atoms with Crippen LogP contribution in [-0.2, 0) is 35.5 Å². The zero-order chi connectivity index (χ0) is 26.3. The zero-order valence-electron chi connectivity index (χ0n) is 21.5. The molecule has 0 aliphatic heterocycles. The molecule has 0 amide bonds. The van der Waals surface area contributed by atoms with Crippen LogP contribution in [0.25, 0.3) is 22.1 Å². The van der Waals surface area contributed by atoms with Gasteiger partial charge in [-0.25, -0.2) is 0 Å². The van der Waals surface area contributed by atoms with E-state index in [4.69, 9.17) is 19.6 Å². The molecule has 0 bridgehead atoms. The number of benzene rings is 4. The van der Waals surface area contributed by atoms with Gasteiger partial charge in [-0.15, -0.1) is 0 Å². The van der Waals surface area contributed by atoms with Crippen molar-refractivity contribution >= 4 is 16.9 Å². The summed E-state index contributed by atoms with van der Waals surface area (Å²) in [5.41, 5.74) is 12.9. The molecule has 0 fully saturated rings. The van der Waals surface area contributed by atoms with Crippen molar-refractivity contribution in [1.82, 2.24) is 0 Å². The van der Waals surface area contributed by atoms with Crippen LogP contribution in [0.4, 0.5) is 0 Å². The molecular formula is C33H31NO4. The van der Waals surface area contributed by atoms with Crippen LogP contribution in [0.3, 0.4) is 0 Å². The summed E-state index contributed by atoms with van der Waals surface area (Å²) in [5, 5.41) is 1.02. The van der Waals surface area contributed by atoms with E-state index in [1.165, 1.54) is 5.56 Å². The Morgan fingerprint density at radius 2 is 1.63 bits per heavy atom. The largest absolute Gasteiger partial charge is 0.489 e. The van der Waals surface area contributed by atoms with Crippen LogP contribution >= 0.6 is 0 Å². The number of hydrogen-bond donors (Lipinski definition) is 1. The summed E-state index contributed by atoms with van der Waals surface area (Å²) in [7, 11) is 0. The van der Waals surface area contributed by atoms with Crippen LogP contribution in [0, 0.1) is 0 Å². The summed E-state index contributed by atoms with van der Waals surface area (Å²) in [6.07, 6.45) is 0.885. The van der Waals surface area contributed by atoms with Crippen LogP contribution in [0.1, 0.15) is 34.9 Å². The molecule has 0 saturated carbocycles. The third-order valence-electron chi connectivity index (χ3n) is 6.43. The van der Waals surface area contributed by atoms with Crippen LogP contribution in [-0.4, -0.2) is 12.6 Å². The van der Waals surface area contributed by atoms with Crippen molar-refractivity contribution in [2.75, 3.05) is 6.61 Å². The molecule has 4 aromatic carbocycles. The third-order valence-corrected chi connectivity index (χ3v) is 6.43. The highest BCUT2D eigenvalue weighted by atomic mass is 16.5. The van der Waals surface area contributed by atoms with E-state index in [2.05, 4.69) is 42.5 Å². The molecule has 0 atom stereocenters. The van der Waals surface area contributed by atoms with E-state index in [-0.39, 0.29) is 12.4 Å². The Morgan fingerprint density at radius 1 is 0.842 bits per heavy atom. The minimum absolute atomic E-state index is 0.171. The van der Waals surface area contributed by atoms with Gasteiger partial charge in [0.1, 0.15) is 23.7 Å². The highest BCUT2D eigenvalue weighted by Crippen LogP contribution is 2.34. The van der Waals surface area contributed by atoms with Crippen molar-refractivity contribution in [1.29, 1.82) is 0 Å². The monoisotopic (exact) mass is 505 g/mol. The van der Waals surface area contributed by atoms with E-state index >= 15 is 0 Å². The lowest BCUT2D eigenvalue weighted by atomic mass is 9.99. The van der Waals surface area contributed by atoms with Gasteiger partial charge in [0.05, 0.1) is 13.0 Å². The van der Waals surface area contributed by atoms with Gasteiger partial charge in [0.2, 0.25) is 0 Å². The molecule has 0 unspecified atom stereocenters. The van der Waals surface area contributed by atoms with Crippen molar-refractivity contribution in [3.63, 3.8) is 0 Å². The van der Waals surface area contributed by atoms with Gasteiger partial charge in [-0.05, 0) is 59.5 Å². The number of esters is 1. The van der Waals surface area contributed by atoms with Gasteiger partial charge in [-0.1, -0.05) is 66.7 Å². The van der Waals surface area contributed by atoms with Gasteiger partial charge in [0.15, 0.2) is 0 Å². The second-order valence-corrected chi connectivity index (χ2v) is 9.22. The van der Waals surface area contributed by atoms with Gasteiger partial charge < -0.3 is 19.6 Å². The highest BCUT2D eigenvalue weighted by molar-refractivity contribution is 5.93. The van der Waals surface area contributed by atoms with E-state index in [0.29, 0.717) is 31.9 Å². The molecule has 5 aromatic rings. The molecule has 1 aromatic heterocycles. The highest BCUT2D eigenvalue weighted by Gasteiger charge is 2.15. The van der Waals surface area contributed by atoms with Crippen molar-refractivity contribution in [3.8, 4) is 16.9 Å². The molecule has 0 radical (unpaired) electrons. The van der Waals surface area contributed by atoms with Crippen molar-refractivity contribution in [3.05, 3.63) is 125 Å². The number of fused-ring (bicyclic) bond motifs is 1. The Hall–Kier alpha value is -4.35. The van der Waals surface area contributed by atoms with Crippen molar-refractivity contribution in [2.24, 2.45) is 5.73 Å². The smallest absolute Gasteiger partial charge is 0.310 e. The Balaban J connectivity index is 1.48. The minimum Gasteiger partial charge on any atom is -0.489 e. The first-order valence-electron chi connectivity index (χ1n) is 12.9. The van der Waals surface area contributed by atoms with Gasteiger partial charge in [-0.3, -0.25) is 4.79 Å². The van der Waals surface area contributed by atoms with Crippen LogP contribution < -0.4 is 10.5 Å². The molecule has 5 rings (SSSR count). The van der Waals surface area contributed by atoms with Crippen LogP contribution in [0.5, 0.6) is 5.75 Å². The Labute approximate surface area is 222 Å². The fourth-order valence-electron chi connectivity index (χ4n) is 4.64. The standard InChI is InChI=1S/C33H31NO4/c1-2-36-32(35)20-27-12-6-7-14-31(27)37-22-25-16-28-19-29(17-23-9-4-3-5-10-23)38-33(28)30(18-25)26-13-8-11-24(15-26)21-34/h3-16,18-19H,2,17,20-22,34H2,1H3. The molecule has 0 aliphatic carbocycles. The normalized spacial score (nSPS) is 11.0. The molecule has 38 heavy (non-hydrogen) atoms. The number of para-hydroxylation sites is 1. The van der Waals surface area contributed by atoms with Gasteiger partial charge in [-0.2, -0.15) is 0 Å². The summed E-state index contributed by atoms with van der Waals surface area (Å²) in [5.74, 6) is 1.31. The summed E-state index contributed by atoms with van der Waals surface area (Å²) in [6.45, 7) is 2.97. The van der Waals surface area contributed by atoms with Crippen LogP contribution in [0.15, 0.2) is 101 Å². The predicted molar refractivity (Wildman–Crippen MR) is 150 cm³/mol. The van der Waals surface area contributed by atoms with Gasteiger partial charge in [0.25, 0.3) is 0 Å². The zero-order valence-corrected chi connectivity index (χ0v) is 21.5. The molecule has 0 spiro atoms. The quantitative estimate of drug-likeness (QED) is 0.211. The number of furan rings is 1. The maximum atomic E-state index is 12.1. The molecule has 5 nitrogen and oxygen atoms in total. The first-order valence-corrected chi connectivity index (χ1v) is 12.9. The van der Waals surface area contributed by atoms with E-state index in [1.54, 1.807) is 6.92 Å². The Kier molecular flexibility index (Phi) is 7.86. The Bertz CT molecular complexity index is 1540. The average molecular weight is 506 g/mol. The summed E-state index contributed by atoms with van der Waals surface area (Å²) >= 11 is 0. The lowest BCUT2D eigenvalue weighted by molar-refractivity contribution is -0.142. The fourth-order valence-corrected chi connectivity index (χ4v) is 4.64. The maximum Gasteiger partial charge on any atom is 0.310 e. The molecule has 5 heteroatoms. The number of carbonyl (C=O) groups is 1. The lowest BCUT2D eigenvalue weighted by Crippen LogP contribution is -2.09. The number of nitrogens with two attached hydrogens (primary N) is 1. The summed E-state index contributed by atoms with van der Waals surface area (Å²) < 4.78 is 17.8. The third kappa shape index (κ3) is 5.96. The van der Waals surface area contributed by atoms with E-state index in [9.17, 15) is 4.79 Å².